The van der Waals surface area contributed by atoms with Gasteiger partial charge in [0.2, 0.25) is 0 Å². The Bertz CT molecular complexity index is 399. The van der Waals surface area contributed by atoms with Gasteiger partial charge in [-0.25, -0.2) is 0 Å². The van der Waals surface area contributed by atoms with E-state index >= 15 is 0 Å². The number of halogens is 1. The van der Waals surface area contributed by atoms with Gasteiger partial charge in [0, 0.05) is 15.8 Å². The Morgan fingerprint density at radius 3 is 2.76 bits per heavy atom. The molecule has 0 saturated carbocycles. The third-order valence-corrected chi connectivity index (χ3v) is 5.68. The Balaban J connectivity index is 2.31. The van der Waals surface area contributed by atoms with Crippen molar-refractivity contribution in [3.05, 3.63) is 34.3 Å². The molecule has 2 unspecified atom stereocenters. The van der Waals surface area contributed by atoms with Gasteiger partial charge in [-0.15, -0.1) is 0 Å². The summed E-state index contributed by atoms with van der Waals surface area (Å²) < 4.78 is 0.299. The van der Waals surface area contributed by atoms with E-state index in [1.165, 1.54) is 24.2 Å². The molecule has 1 fully saturated rings. The molecular weight excluding hydrogens is 250 g/mol. The molecule has 0 aromatic heterocycles. The van der Waals surface area contributed by atoms with E-state index in [0.717, 1.165) is 10.6 Å². The minimum Gasteiger partial charge on any atom is -0.312 e. The standard InChI is InChI=1S/C14H20ClNS/c1-10-5-6-11(9-12(10)15)13(16-3)14(2)7-4-8-17-14/h5-6,9,13,16H,4,7-8H2,1-3H3. The van der Waals surface area contributed by atoms with Crippen LogP contribution in [-0.4, -0.2) is 17.5 Å². The van der Waals surface area contributed by atoms with Crippen LogP contribution < -0.4 is 5.32 Å². The topological polar surface area (TPSA) is 12.0 Å². The number of hydrogen-bond acceptors (Lipinski definition) is 2. The van der Waals surface area contributed by atoms with E-state index in [0.29, 0.717) is 10.8 Å². The first kappa shape index (κ1) is 13.3. The lowest BCUT2D eigenvalue weighted by molar-refractivity contribution is 0.441. The van der Waals surface area contributed by atoms with E-state index in [4.69, 9.17) is 11.6 Å². The van der Waals surface area contributed by atoms with Crippen LogP contribution in [0.1, 0.15) is 36.9 Å². The zero-order valence-corrected chi connectivity index (χ0v) is 12.3. The van der Waals surface area contributed by atoms with Gasteiger partial charge in [0.25, 0.3) is 0 Å². The van der Waals surface area contributed by atoms with Crippen molar-refractivity contribution in [1.82, 2.24) is 5.32 Å². The van der Waals surface area contributed by atoms with Gasteiger partial charge in [0.05, 0.1) is 0 Å². The monoisotopic (exact) mass is 269 g/mol. The molecule has 0 spiro atoms. The van der Waals surface area contributed by atoms with Gasteiger partial charge in [-0.05, 0) is 56.7 Å². The highest BCUT2D eigenvalue weighted by atomic mass is 35.5. The Kier molecular flexibility index (Phi) is 4.06. The summed E-state index contributed by atoms with van der Waals surface area (Å²) in [7, 11) is 2.04. The van der Waals surface area contributed by atoms with Crippen molar-refractivity contribution >= 4 is 23.4 Å². The predicted octanol–water partition coefficient (Wildman–Crippen LogP) is 4.19. The average molecular weight is 270 g/mol. The van der Waals surface area contributed by atoms with Crippen molar-refractivity contribution in [2.75, 3.05) is 12.8 Å². The SMILES string of the molecule is CNC(c1ccc(C)c(Cl)c1)C1(C)CCCS1. The molecular formula is C14H20ClNS. The van der Waals surface area contributed by atoms with E-state index < -0.39 is 0 Å². The van der Waals surface area contributed by atoms with Crippen molar-refractivity contribution in [1.29, 1.82) is 0 Å². The van der Waals surface area contributed by atoms with Gasteiger partial charge in [0.1, 0.15) is 0 Å². The summed E-state index contributed by atoms with van der Waals surface area (Å²) in [5.74, 6) is 1.27. The van der Waals surface area contributed by atoms with Crippen molar-refractivity contribution in [2.45, 2.75) is 37.5 Å². The summed E-state index contributed by atoms with van der Waals surface area (Å²) in [4.78, 5) is 0. The first-order valence-electron chi connectivity index (χ1n) is 6.14. The Hall–Kier alpha value is -0.180. The van der Waals surface area contributed by atoms with Crippen LogP contribution in [0.3, 0.4) is 0 Å². The maximum atomic E-state index is 6.23. The lowest BCUT2D eigenvalue weighted by Crippen LogP contribution is -2.35. The van der Waals surface area contributed by atoms with Gasteiger partial charge in [-0.1, -0.05) is 23.7 Å². The highest BCUT2D eigenvalue weighted by molar-refractivity contribution is 8.00. The van der Waals surface area contributed by atoms with Crippen LogP contribution in [0.4, 0.5) is 0 Å². The summed E-state index contributed by atoms with van der Waals surface area (Å²) in [6, 6.07) is 6.81. The summed E-state index contributed by atoms with van der Waals surface area (Å²) >= 11 is 8.31. The van der Waals surface area contributed by atoms with Crippen LogP contribution >= 0.6 is 23.4 Å². The van der Waals surface area contributed by atoms with Crippen molar-refractivity contribution in [2.24, 2.45) is 0 Å². The normalized spacial score (nSPS) is 26.1. The molecule has 1 aromatic carbocycles. The molecule has 1 aromatic rings. The minimum atomic E-state index is 0.299. The van der Waals surface area contributed by atoms with E-state index in [9.17, 15) is 0 Å². The van der Waals surface area contributed by atoms with Gasteiger partial charge in [0.15, 0.2) is 0 Å². The first-order chi connectivity index (χ1) is 8.07. The molecule has 2 rings (SSSR count). The molecule has 0 amide bonds. The average Bonchev–Trinajstić information content (AvgIpc) is 2.72. The first-order valence-corrected chi connectivity index (χ1v) is 7.50. The van der Waals surface area contributed by atoms with E-state index in [1.807, 2.05) is 14.0 Å². The number of nitrogens with one attached hydrogen (secondary N) is 1. The number of benzene rings is 1. The number of aryl methyl sites for hydroxylation is 1. The van der Waals surface area contributed by atoms with Crippen LogP contribution in [0.5, 0.6) is 0 Å². The molecule has 0 bridgehead atoms. The smallest absolute Gasteiger partial charge is 0.0464 e. The fourth-order valence-corrected chi connectivity index (χ4v) is 4.29. The highest BCUT2D eigenvalue weighted by Gasteiger charge is 2.37. The Morgan fingerprint density at radius 2 is 2.24 bits per heavy atom. The van der Waals surface area contributed by atoms with Crippen LogP contribution in [0, 0.1) is 6.92 Å². The summed E-state index contributed by atoms with van der Waals surface area (Å²) in [6.07, 6.45) is 2.59. The van der Waals surface area contributed by atoms with Gasteiger partial charge < -0.3 is 5.32 Å². The molecule has 1 heterocycles. The minimum absolute atomic E-state index is 0.299. The van der Waals surface area contributed by atoms with Crippen LogP contribution in [0.25, 0.3) is 0 Å². The fraction of sp³-hybridized carbons (Fsp3) is 0.571. The quantitative estimate of drug-likeness (QED) is 0.883. The second-order valence-electron chi connectivity index (χ2n) is 4.99. The van der Waals surface area contributed by atoms with Gasteiger partial charge in [-0.2, -0.15) is 11.8 Å². The molecule has 17 heavy (non-hydrogen) atoms. The molecule has 0 radical (unpaired) electrons. The van der Waals surface area contributed by atoms with Crippen molar-refractivity contribution < 1.29 is 0 Å². The Labute approximate surface area is 113 Å². The van der Waals surface area contributed by atoms with Gasteiger partial charge in [-0.3, -0.25) is 0 Å². The summed E-state index contributed by atoms with van der Waals surface area (Å²) in [5, 5.41) is 4.34. The van der Waals surface area contributed by atoms with Crippen LogP contribution in [0.15, 0.2) is 18.2 Å². The molecule has 1 aliphatic rings. The predicted molar refractivity (Wildman–Crippen MR) is 78.1 cm³/mol. The van der Waals surface area contributed by atoms with Crippen molar-refractivity contribution in [3.63, 3.8) is 0 Å². The lowest BCUT2D eigenvalue weighted by Gasteiger charge is -2.33. The number of rotatable bonds is 3. The maximum absolute atomic E-state index is 6.23. The molecule has 1 nitrogen and oxygen atoms in total. The molecule has 1 N–H and O–H groups in total. The largest absolute Gasteiger partial charge is 0.312 e. The van der Waals surface area contributed by atoms with Crippen LogP contribution in [-0.2, 0) is 0 Å². The van der Waals surface area contributed by atoms with Crippen LogP contribution in [0.2, 0.25) is 5.02 Å². The molecule has 1 saturated heterocycles. The van der Waals surface area contributed by atoms with E-state index in [2.05, 4.69) is 42.2 Å². The molecule has 94 valence electrons. The van der Waals surface area contributed by atoms with E-state index in [1.54, 1.807) is 0 Å². The maximum Gasteiger partial charge on any atom is 0.0464 e. The van der Waals surface area contributed by atoms with E-state index in [-0.39, 0.29) is 0 Å². The van der Waals surface area contributed by atoms with Crippen molar-refractivity contribution in [3.8, 4) is 0 Å². The Morgan fingerprint density at radius 1 is 1.47 bits per heavy atom. The third-order valence-electron chi connectivity index (χ3n) is 3.68. The molecule has 3 heteroatoms. The second-order valence-corrected chi connectivity index (χ2v) is 7.03. The zero-order valence-electron chi connectivity index (χ0n) is 10.7. The second kappa shape index (κ2) is 5.21. The highest BCUT2D eigenvalue weighted by Crippen LogP contribution is 2.46. The molecule has 1 aliphatic heterocycles. The van der Waals surface area contributed by atoms with Gasteiger partial charge >= 0.3 is 0 Å². The molecule has 2 atom stereocenters. The number of hydrogen-bond donors (Lipinski definition) is 1. The summed E-state index contributed by atoms with van der Waals surface area (Å²) in [6.45, 7) is 4.41. The fourth-order valence-electron chi connectivity index (χ4n) is 2.64. The lowest BCUT2D eigenvalue weighted by atomic mass is 9.90. The summed E-state index contributed by atoms with van der Waals surface area (Å²) in [5.41, 5.74) is 2.45. The molecule has 0 aliphatic carbocycles. The third kappa shape index (κ3) is 2.64. The number of thioether (sulfide) groups is 1. The zero-order chi connectivity index (χ0) is 12.5.